The van der Waals surface area contributed by atoms with E-state index in [0.29, 0.717) is 18.1 Å². The minimum absolute atomic E-state index is 0.595. The molecule has 0 amide bonds. The molecule has 0 bridgehead atoms. The zero-order valence-corrected chi connectivity index (χ0v) is 11.9. The largest absolute Gasteiger partial charge is 0.311 e. The van der Waals surface area contributed by atoms with E-state index in [2.05, 4.69) is 61.3 Å². The van der Waals surface area contributed by atoms with E-state index < -0.39 is 0 Å². The van der Waals surface area contributed by atoms with Crippen molar-refractivity contribution in [2.24, 2.45) is 0 Å². The predicted molar refractivity (Wildman–Crippen MR) is 77.9 cm³/mol. The first-order chi connectivity index (χ1) is 8.70. The molecule has 0 aliphatic carbocycles. The molecule has 18 heavy (non-hydrogen) atoms. The van der Waals surface area contributed by atoms with Gasteiger partial charge in [0.2, 0.25) is 0 Å². The highest BCUT2D eigenvalue weighted by Gasteiger charge is 2.27. The predicted octanol–water partition coefficient (Wildman–Crippen LogP) is 2.69. The Balaban J connectivity index is 1.95. The maximum absolute atomic E-state index is 3.68. The molecule has 1 heterocycles. The van der Waals surface area contributed by atoms with Gasteiger partial charge in [-0.3, -0.25) is 4.90 Å². The fraction of sp³-hybridized carbons (Fsp3) is 0.625. The van der Waals surface area contributed by atoms with E-state index in [1.165, 1.54) is 18.5 Å². The maximum atomic E-state index is 3.68. The molecule has 2 heteroatoms. The summed E-state index contributed by atoms with van der Waals surface area (Å²) in [4.78, 5) is 2.66. The smallest absolute Gasteiger partial charge is 0.0236 e. The average Bonchev–Trinajstić information content (AvgIpc) is 2.41. The fourth-order valence-electron chi connectivity index (χ4n) is 2.84. The first kappa shape index (κ1) is 13.6. The summed E-state index contributed by atoms with van der Waals surface area (Å²) in [5.74, 6) is 0. The Labute approximate surface area is 111 Å². The van der Waals surface area contributed by atoms with E-state index in [0.717, 1.165) is 13.0 Å². The maximum Gasteiger partial charge on any atom is 0.0236 e. The van der Waals surface area contributed by atoms with E-state index in [1.54, 1.807) is 0 Å². The Morgan fingerprint density at radius 3 is 2.72 bits per heavy atom. The molecule has 1 saturated heterocycles. The van der Waals surface area contributed by atoms with Crippen molar-refractivity contribution < 1.29 is 0 Å². The van der Waals surface area contributed by atoms with Crippen LogP contribution < -0.4 is 5.32 Å². The number of benzene rings is 1. The average molecular weight is 246 g/mol. The van der Waals surface area contributed by atoms with Gasteiger partial charge >= 0.3 is 0 Å². The number of hydrogen-bond donors (Lipinski definition) is 1. The lowest BCUT2D eigenvalue weighted by Crippen LogP contribution is -2.58. The molecular weight excluding hydrogens is 220 g/mol. The standard InChI is InChI=1S/C16H26N2/c1-4-13(2)18-12-16(17-11-14(18)3)10-15-8-6-5-7-9-15/h5-9,13-14,16-17H,4,10-12H2,1-3H3. The molecule has 1 N–H and O–H groups in total. The lowest BCUT2D eigenvalue weighted by atomic mass is 10.0. The summed E-state index contributed by atoms with van der Waals surface area (Å²) in [6, 6.07) is 12.8. The van der Waals surface area contributed by atoms with Crippen molar-refractivity contribution in [2.45, 2.75) is 51.7 Å². The van der Waals surface area contributed by atoms with Crippen molar-refractivity contribution in [1.29, 1.82) is 0 Å². The number of rotatable bonds is 4. The van der Waals surface area contributed by atoms with Crippen LogP contribution in [0, 0.1) is 0 Å². The molecule has 0 aromatic heterocycles. The topological polar surface area (TPSA) is 15.3 Å². The van der Waals surface area contributed by atoms with Gasteiger partial charge in [-0.25, -0.2) is 0 Å². The van der Waals surface area contributed by atoms with Gasteiger partial charge in [0.1, 0.15) is 0 Å². The van der Waals surface area contributed by atoms with Crippen molar-refractivity contribution >= 4 is 0 Å². The summed E-state index contributed by atoms with van der Waals surface area (Å²) in [5.41, 5.74) is 1.44. The van der Waals surface area contributed by atoms with Gasteiger partial charge in [0.25, 0.3) is 0 Å². The van der Waals surface area contributed by atoms with Crippen LogP contribution in [0.4, 0.5) is 0 Å². The van der Waals surface area contributed by atoms with Crippen LogP contribution in [0.1, 0.15) is 32.8 Å². The third-order valence-electron chi connectivity index (χ3n) is 4.18. The van der Waals surface area contributed by atoms with E-state index in [4.69, 9.17) is 0 Å². The summed E-state index contributed by atoms with van der Waals surface area (Å²) in [6.45, 7) is 9.25. The highest BCUT2D eigenvalue weighted by atomic mass is 15.2. The second-order valence-corrected chi connectivity index (χ2v) is 5.60. The second kappa shape index (κ2) is 6.35. The fourth-order valence-corrected chi connectivity index (χ4v) is 2.84. The van der Waals surface area contributed by atoms with Crippen molar-refractivity contribution in [1.82, 2.24) is 10.2 Å². The lowest BCUT2D eigenvalue weighted by molar-refractivity contribution is 0.0966. The molecule has 1 aromatic carbocycles. The molecule has 2 nitrogen and oxygen atoms in total. The number of hydrogen-bond acceptors (Lipinski definition) is 2. The van der Waals surface area contributed by atoms with Crippen molar-refractivity contribution in [3.8, 4) is 0 Å². The molecule has 1 fully saturated rings. The highest BCUT2D eigenvalue weighted by Crippen LogP contribution is 2.15. The third kappa shape index (κ3) is 3.33. The van der Waals surface area contributed by atoms with E-state index in [1.807, 2.05) is 0 Å². The molecule has 0 radical (unpaired) electrons. The van der Waals surface area contributed by atoms with Gasteiger partial charge in [0, 0.05) is 31.2 Å². The molecule has 3 unspecified atom stereocenters. The molecule has 2 rings (SSSR count). The van der Waals surface area contributed by atoms with Crippen LogP contribution >= 0.6 is 0 Å². The van der Waals surface area contributed by atoms with Crippen molar-refractivity contribution in [3.05, 3.63) is 35.9 Å². The molecule has 0 spiro atoms. The lowest BCUT2D eigenvalue weighted by Gasteiger charge is -2.42. The van der Waals surface area contributed by atoms with Gasteiger partial charge in [-0.1, -0.05) is 37.3 Å². The summed E-state index contributed by atoms with van der Waals surface area (Å²) >= 11 is 0. The normalized spacial score (nSPS) is 27.1. The summed E-state index contributed by atoms with van der Waals surface area (Å²) in [7, 11) is 0. The third-order valence-corrected chi connectivity index (χ3v) is 4.18. The van der Waals surface area contributed by atoms with Gasteiger partial charge < -0.3 is 5.32 Å². The van der Waals surface area contributed by atoms with Crippen LogP contribution in [0.5, 0.6) is 0 Å². The minimum atomic E-state index is 0.595. The quantitative estimate of drug-likeness (QED) is 0.878. The van der Waals surface area contributed by atoms with Gasteiger partial charge in [0.15, 0.2) is 0 Å². The van der Waals surface area contributed by atoms with E-state index >= 15 is 0 Å². The first-order valence-corrected chi connectivity index (χ1v) is 7.23. The van der Waals surface area contributed by atoms with Crippen molar-refractivity contribution in [2.75, 3.05) is 13.1 Å². The van der Waals surface area contributed by atoms with E-state index in [9.17, 15) is 0 Å². The Morgan fingerprint density at radius 1 is 1.33 bits per heavy atom. The SMILES string of the molecule is CCC(C)N1CC(Cc2ccccc2)NCC1C. The second-order valence-electron chi connectivity index (χ2n) is 5.60. The van der Waals surface area contributed by atoms with Gasteiger partial charge in [-0.05, 0) is 32.3 Å². The number of nitrogens with one attached hydrogen (secondary N) is 1. The Bertz CT molecular complexity index is 345. The van der Waals surface area contributed by atoms with Crippen LogP contribution in [-0.4, -0.2) is 36.1 Å². The zero-order chi connectivity index (χ0) is 13.0. The molecule has 3 atom stereocenters. The van der Waals surface area contributed by atoms with Crippen LogP contribution in [0.3, 0.4) is 0 Å². The number of nitrogens with zero attached hydrogens (tertiary/aromatic N) is 1. The molecule has 1 aliphatic rings. The summed E-state index contributed by atoms with van der Waals surface area (Å²) < 4.78 is 0. The zero-order valence-electron chi connectivity index (χ0n) is 11.9. The van der Waals surface area contributed by atoms with Gasteiger partial charge in [-0.15, -0.1) is 0 Å². The van der Waals surface area contributed by atoms with Crippen LogP contribution in [0.25, 0.3) is 0 Å². The molecule has 0 saturated carbocycles. The monoisotopic (exact) mass is 246 g/mol. The van der Waals surface area contributed by atoms with Crippen molar-refractivity contribution in [3.63, 3.8) is 0 Å². The minimum Gasteiger partial charge on any atom is -0.311 e. The Morgan fingerprint density at radius 2 is 2.06 bits per heavy atom. The Kier molecular flexibility index (Phi) is 4.79. The molecular formula is C16H26N2. The molecule has 1 aliphatic heterocycles. The van der Waals surface area contributed by atoms with Gasteiger partial charge in [-0.2, -0.15) is 0 Å². The summed E-state index contributed by atoms with van der Waals surface area (Å²) in [6.07, 6.45) is 2.38. The van der Waals surface area contributed by atoms with E-state index in [-0.39, 0.29) is 0 Å². The number of piperazine rings is 1. The van der Waals surface area contributed by atoms with Crippen LogP contribution in [0.2, 0.25) is 0 Å². The van der Waals surface area contributed by atoms with Crippen LogP contribution in [0.15, 0.2) is 30.3 Å². The summed E-state index contributed by atoms with van der Waals surface area (Å²) in [5, 5.41) is 3.68. The first-order valence-electron chi connectivity index (χ1n) is 7.23. The highest BCUT2D eigenvalue weighted by molar-refractivity contribution is 5.16. The van der Waals surface area contributed by atoms with Gasteiger partial charge in [0.05, 0.1) is 0 Å². The molecule has 1 aromatic rings. The van der Waals surface area contributed by atoms with Crippen LogP contribution in [-0.2, 0) is 6.42 Å². The Hall–Kier alpha value is -0.860. The molecule has 100 valence electrons.